The highest BCUT2D eigenvalue weighted by molar-refractivity contribution is 6.46. The largest absolute Gasteiger partial charge is 0.507 e. The van der Waals surface area contributed by atoms with E-state index in [1.807, 2.05) is 0 Å². The fraction of sp³-hybridized carbons (Fsp3) is 0.429. The summed E-state index contributed by atoms with van der Waals surface area (Å²) < 4.78 is 32.6. The number of amides is 1. The van der Waals surface area contributed by atoms with Crippen LogP contribution in [0.3, 0.4) is 0 Å². The maximum atomic E-state index is 13.5. The van der Waals surface area contributed by atoms with Crippen LogP contribution in [-0.4, -0.2) is 102 Å². The molecule has 1 N–H and O–H groups in total. The van der Waals surface area contributed by atoms with Crippen molar-refractivity contribution >= 4 is 17.4 Å². The van der Waals surface area contributed by atoms with Crippen LogP contribution in [0, 0.1) is 0 Å². The topological polar surface area (TPSA) is 116 Å². The molecule has 2 aromatic carbocycles. The van der Waals surface area contributed by atoms with Gasteiger partial charge in [0.15, 0.2) is 23.0 Å². The Morgan fingerprint density at radius 1 is 0.846 bits per heavy atom. The average molecular weight is 543 g/mol. The second-order valence-corrected chi connectivity index (χ2v) is 8.97. The third kappa shape index (κ3) is 5.45. The van der Waals surface area contributed by atoms with Crippen molar-refractivity contribution in [1.29, 1.82) is 0 Å². The molecule has 4 rings (SSSR count). The lowest BCUT2D eigenvalue weighted by atomic mass is 9.94. The van der Waals surface area contributed by atoms with Gasteiger partial charge in [-0.1, -0.05) is 0 Å². The first-order chi connectivity index (χ1) is 18.9. The first-order valence-corrected chi connectivity index (χ1v) is 12.5. The first kappa shape index (κ1) is 28.1. The summed E-state index contributed by atoms with van der Waals surface area (Å²) in [4.78, 5) is 30.6. The van der Waals surface area contributed by atoms with Crippen molar-refractivity contribution < 1.29 is 43.1 Å². The smallest absolute Gasteiger partial charge is 0.295 e. The molecule has 2 aliphatic rings. The summed E-state index contributed by atoms with van der Waals surface area (Å²) >= 11 is 0. The molecule has 0 aliphatic carbocycles. The molecule has 210 valence electrons. The molecule has 2 saturated heterocycles. The minimum absolute atomic E-state index is 0.0523. The number of likely N-dealkylation sites (tertiary alicyclic amines) is 1. The average Bonchev–Trinajstić information content (AvgIpc) is 3.23. The summed E-state index contributed by atoms with van der Waals surface area (Å²) in [6.07, 6.45) is 0. The van der Waals surface area contributed by atoms with Crippen molar-refractivity contribution in [2.75, 3.05) is 74.9 Å². The van der Waals surface area contributed by atoms with Crippen molar-refractivity contribution in [3.63, 3.8) is 0 Å². The Hall–Kier alpha value is -3.96. The van der Waals surface area contributed by atoms with Crippen molar-refractivity contribution in [2.24, 2.45) is 0 Å². The maximum Gasteiger partial charge on any atom is 0.295 e. The zero-order valence-corrected chi connectivity index (χ0v) is 22.8. The van der Waals surface area contributed by atoms with Gasteiger partial charge < -0.3 is 38.4 Å². The second-order valence-electron chi connectivity index (χ2n) is 8.97. The Bertz CT molecular complexity index is 1230. The van der Waals surface area contributed by atoms with Crippen molar-refractivity contribution in [3.8, 4) is 28.7 Å². The van der Waals surface area contributed by atoms with Gasteiger partial charge in [0, 0.05) is 31.7 Å². The predicted octanol–water partition coefficient (Wildman–Crippen LogP) is 2.48. The van der Waals surface area contributed by atoms with Gasteiger partial charge in [-0.3, -0.25) is 14.5 Å². The molecular weight excluding hydrogens is 508 g/mol. The molecule has 2 aliphatic heterocycles. The van der Waals surface area contributed by atoms with E-state index in [-0.39, 0.29) is 17.9 Å². The van der Waals surface area contributed by atoms with E-state index >= 15 is 0 Å². The van der Waals surface area contributed by atoms with Crippen LogP contribution >= 0.6 is 0 Å². The van der Waals surface area contributed by atoms with Gasteiger partial charge in [0.25, 0.3) is 11.7 Å². The molecule has 0 unspecified atom stereocenters. The van der Waals surface area contributed by atoms with Crippen molar-refractivity contribution in [1.82, 2.24) is 9.80 Å². The number of aliphatic hydroxyl groups excluding tert-OH is 1. The lowest BCUT2D eigenvalue weighted by molar-refractivity contribution is -0.140. The van der Waals surface area contributed by atoms with Crippen LogP contribution in [0.4, 0.5) is 0 Å². The molecule has 2 aromatic rings. The van der Waals surface area contributed by atoms with Gasteiger partial charge in [0.2, 0.25) is 5.75 Å². The summed E-state index contributed by atoms with van der Waals surface area (Å²) in [7, 11) is 7.44. The summed E-state index contributed by atoms with van der Waals surface area (Å²) in [5.74, 6) is 0.0879. The summed E-state index contributed by atoms with van der Waals surface area (Å²) in [5, 5.41) is 11.5. The Morgan fingerprint density at radius 2 is 1.46 bits per heavy atom. The lowest BCUT2D eigenvalue weighted by Gasteiger charge is -2.31. The fourth-order valence-electron chi connectivity index (χ4n) is 4.93. The second kappa shape index (κ2) is 12.3. The molecule has 1 amide bonds. The molecule has 0 bridgehead atoms. The Balaban J connectivity index is 1.86. The number of ether oxygens (including phenoxy) is 6. The number of rotatable bonds is 10. The van der Waals surface area contributed by atoms with Gasteiger partial charge in [-0.05, 0) is 35.9 Å². The van der Waals surface area contributed by atoms with Crippen LogP contribution in [0.2, 0.25) is 0 Å². The van der Waals surface area contributed by atoms with E-state index in [4.69, 9.17) is 28.4 Å². The molecule has 1 atom stereocenters. The fourth-order valence-corrected chi connectivity index (χ4v) is 4.93. The minimum Gasteiger partial charge on any atom is -0.507 e. The standard InChI is InChI=1S/C28H34N2O9/c1-34-19-7-6-17(14-20(19)35-2)25(31)23-24(18-15-21(36-3)27(38-5)22(16-18)37-4)30(28(33)26(23)32)9-8-29-10-12-39-13-11-29/h6-7,14-16,24,31H,8-13H2,1-5H3/t24-/m1/s1. The predicted molar refractivity (Wildman–Crippen MR) is 142 cm³/mol. The number of carbonyl (C=O) groups is 2. The van der Waals surface area contributed by atoms with Crippen LogP contribution in [0.25, 0.3) is 5.76 Å². The highest BCUT2D eigenvalue weighted by atomic mass is 16.5. The van der Waals surface area contributed by atoms with E-state index < -0.39 is 17.7 Å². The zero-order chi connectivity index (χ0) is 28.1. The van der Waals surface area contributed by atoms with Gasteiger partial charge in [0.1, 0.15) is 5.76 Å². The summed E-state index contributed by atoms with van der Waals surface area (Å²) in [6, 6.07) is 7.23. The zero-order valence-electron chi connectivity index (χ0n) is 22.8. The Labute approximate surface area is 227 Å². The number of carbonyl (C=O) groups excluding carboxylic acids is 2. The van der Waals surface area contributed by atoms with Crippen molar-refractivity contribution in [3.05, 3.63) is 47.0 Å². The number of aliphatic hydroxyl groups is 1. The molecule has 11 nitrogen and oxygen atoms in total. The number of hydrogen-bond donors (Lipinski definition) is 1. The third-order valence-corrected chi connectivity index (χ3v) is 6.96. The van der Waals surface area contributed by atoms with Gasteiger partial charge in [-0.25, -0.2) is 0 Å². The number of ketones is 1. The summed E-state index contributed by atoms with van der Waals surface area (Å²) in [6.45, 7) is 3.46. The molecule has 2 fully saturated rings. The van der Waals surface area contributed by atoms with E-state index in [1.54, 1.807) is 30.3 Å². The van der Waals surface area contributed by atoms with Crippen LogP contribution < -0.4 is 23.7 Å². The normalized spacial score (nSPS) is 19.2. The number of hydrogen-bond acceptors (Lipinski definition) is 10. The monoisotopic (exact) mass is 542 g/mol. The highest BCUT2D eigenvalue weighted by Crippen LogP contribution is 2.46. The van der Waals surface area contributed by atoms with Gasteiger partial charge in [0.05, 0.1) is 60.4 Å². The molecule has 0 spiro atoms. The van der Waals surface area contributed by atoms with Crippen molar-refractivity contribution in [2.45, 2.75) is 6.04 Å². The number of morpholine rings is 1. The molecule has 0 saturated carbocycles. The van der Waals surface area contributed by atoms with Gasteiger partial charge in [-0.2, -0.15) is 0 Å². The maximum absolute atomic E-state index is 13.5. The van der Waals surface area contributed by atoms with Crippen LogP contribution in [-0.2, 0) is 14.3 Å². The Kier molecular flexibility index (Phi) is 8.82. The first-order valence-electron chi connectivity index (χ1n) is 12.5. The molecular formula is C28H34N2O9. The van der Waals surface area contributed by atoms with E-state index in [9.17, 15) is 14.7 Å². The van der Waals surface area contributed by atoms with Gasteiger partial charge >= 0.3 is 0 Å². The number of nitrogens with zero attached hydrogens (tertiary/aromatic N) is 2. The van der Waals surface area contributed by atoms with E-state index in [0.29, 0.717) is 59.6 Å². The van der Waals surface area contributed by atoms with E-state index in [0.717, 1.165) is 13.1 Å². The quantitative estimate of drug-likeness (QED) is 0.273. The van der Waals surface area contributed by atoms with Crippen LogP contribution in [0.15, 0.2) is 35.9 Å². The SMILES string of the molecule is COc1ccc(C(O)=C2C(=O)C(=O)N(CCN3CCOCC3)[C@@H]2c2cc(OC)c(OC)c(OC)c2)cc1OC. The molecule has 2 heterocycles. The number of methoxy groups -OCH3 is 5. The molecule has 0 radical (unpaired) electrons. The van der Waals surface area contributed by atoms with E-state index in [2.05, 4.69) is 4.90 Å². The lowest BCUT2D eigenvalue weighted by Crippen LogP contribution is -2.42. The van der Waals surface area contributed by atoms with E-state index in [1.165, 1.54) is 40.4 Å². The minimum atomic E-state index is -0.909. The van der Waals surface area contributed by atoms with Gasteiger partial charge in [-0.15, -0.1) is 0 Å². The molecule has 11 heteroatoms. The number of benzene rings is 2. The Morgan fingerprint density at radius 3 is 2.03 bits per heavy atom. The molecule has 0 aromatic heterocycles. The highest BCUT2D eigenvalue weighted by Gasteiger charge is 2.46. The molecule has 39 heavy (non-hydrogen) atoms. The number of Topliss-reactive ketones (excluding diaryl/α,β-unsaturated/α-hetero) is 1. The summed E-state index contributed by atoms with van der Waals surface area (Å²) in [5.41, 5.74) is 0.771. The van der Waals surface area contributed by atoms with Crippen LogP contribution in [0.1, 0.15) is 17.2 Å². The third-order valence-electron chi connectivity index (χ3n) is 6.96. The van der Waals surface area contributed by atoms with Crippen LogP contribution in [0.5, 0.6) is 28.7 Å².